The molecule has 2 aromatic rings. The van der Waals surface area contributed by atoms with Crippen LogP contribution in [0.15, 0.2) is 36.7 Å². The van der Waals surface area contributed by atoms with Gasteiger partial charge in [-0.25, -0.2) is 9.97 Å². The molecule has 1 aromatic heterocycles. The first-order chi connectivity index (χ1) is 15.6. The smallest absolute Gasteiger partial charge is 0.256 e. The minimum Gasteiger partial charge on any atom is -0.387 e. The van der Waals surface area contributed by atoms with E-state index in [0.717, 1.165) is 51.3 Å². The van der Waals surface area contributed by atoms with Gasteiger partial charge in [-0.1, -0.05) is 24.3 Å². The van der Waals surface area contributed by atoms with Gasteiger partial charge in [-0.3, -0.25) is 9.69 Å². The molecule has 6 rings (SSSR count). The molecule has 168 valence electrons. The van der Waals surface area contributed by atoms with Crippen LogP contribution in [-0.4, -0.2) is 82.8 Å². The average Bonchev–Trinajstić information content (AvgIpc) is 2.77. The SMILES string of the molecule is O=C(c1cnc(N2CC3(COC3)C2)nc1)N1CCC(N2Cc3ccccc3C(O)C2)CC1. The maximum Gasteiger partial charge on any atom is 0.256 e. The van der Waals surface area contributed by atoms with Crippen LogP contribution in [0.1, 0.15) is 40.4 Å². The molecule has 1 spiro atoms. The van der Waals surface area contributed by atoms with Crippen LogP contribution in [0.25, 0.3) is 0 Å². The predicted molar refractivity (Wildman–Crippen MR) is 118 cm³/mol. The number of rotatable bonds is 3. The molecule has 0 aliphatic carbocycles. The number of piperidine rings is 1. The van der Waals surface area contributed by atoms with Crippen LogP contribution in [0.3, 0.4) is 0 Å². The summed E-state index contributed by atoms with van der Waals surface area (Å²) in [5.74, 6) is 0.702. The van der Waals surface area contributed by atoms with Gasteiger partial charge in [0.05, 0.1) is 30.3 Å². The number of nitrogens with zero attached hydrogens (tertiary/aromatic N) is 5. The number of hydrogen-bond acceptors (Lipinski definition) is 7. The predicted octanol–water partition coefficient (Wildman–Crippen LogP) is 1.47. The van der Waals surface area contributed by atoms with E-state index in [9.17, 15) is 9.90 Å². The Labute approximate surface area is 187 Å². The molecule has 1 aromatic carbocycles. The summed E-state index contributed by atoms with van der Waals surface area (Å²) in [5, 5.41) is 10.6. The zero-order valence-electron chi connectivity index (χ0n) is 18.2. The number of benzene rings is 1. The molecule has 1 N–H and O–H groups in total. The number of anilines is 1. The van der Waals surface area contributed by atoms with E-state index in [2.05, 4.69) is 25.8 Å². The molecule has 0 saturated carbocycles. The Bertz CT molecular complexity index is 993. The third-order valence-electron chi connectivity index (χ3n) is 7.50. The van der Waals surface area contributed by atoms with Crippen molar-refractivity contribution >= 4 is 11.9 Å². The highest BCUT2D eigenvalue weighted by Crippen LogP contribution is 2.39. The third kappa shape index (κ3) is 3.46. The standard InChI is InChI=1S/C24H29N5O3/c30-21-12-28(11-17-3-1-2-4-20(17)21)19-5-7-27(8-6-19)22(31)18-9-25-23(26-10-18)29-13-24(14-29)15-32-16-24/h1-4,9-10,19,21,30H,5-8,11-16H2. The van der Waals surface area contributed by atoms with E-state index in [1.807, 2.05) is 23.1 Å². The second-order valence-corrected chi connectivity index (χ2v) is 9.79. The molecule has 3 fully saturated rings. The molecule has 3 saturated heterocycles. The fourth-order valence-electron chi connectivity index (χ4n) is 5.58. The molecule has 5 heterocycles. The second kappa shape index (κ2) is 7.79. The first kappa shape index (κ1) is 20.1. The Hall–Kier alpha value is -2.55. The van der Waals surface area contributed by atoms with Crippen molar-refractivity contribution in [3.05, 3.63) is 53.3 Å². The number of carbonyl (C=O) groups excluding carboxylic acids is 1. The fraction of sp³-hybridized carbons (Fsp3) is 0.542. The van der Waals surface area contributed by atoms with E-state index in [0.29, 0.717) is 42.6 Å². The molecule has 0 bridgehead atoms. The van der Waals surface area contributed by atoms with Crippen molar-refractivity contribution in [3.63, 3.8) is 0 Å². The Kier molecular flexibility index (Phi) is 4.89. The van der Waals surface area contributed by atoms with E-state index in [1.54, 1.807) is 12.4 Å². The van der Waals surface area contributed by atoms with E-state index in [-0.39, 0.29) is 5.91 Å². The van der Waals surface area contributed by atoms with Crippen molar-refractivity contribution < 1.29 is 14.6 Å². The Morgan fingerprint density at radius 2 is 1.81 bits per heavy atom. The van der Waals surface area contributed by atoms with Crippen molar-refractivity contribution in [1.29, 1.82) is 0 Å². The van der Waals surface area contributed by atoms with E-state index < -0.39 is 6.10 Å². The van der Waals surface area contributed by atoms with E-state index in [4.69, 9.17) is 4.74 Å². The van der Waals surface area contributed by atoms with Gasteiger partial charge in [-0.15, -0.1) is 0 Å². The highest BCUT2D eigenvalue weighted by Gasteiger charge is 2.49. The molecule has 8 nitrogen and oxygen atoms in total. The van der Waals surface area contributed by atoms with Crippen molar-refractivity contribution in [2.45, 2.75) is 31.5 Å². The van der Waals surface area contributed by atoms with Crippen LogP contribution in [0.5, 0.6) is 0 Å². The number of amides is 1. The third-order valence-corrected chi connectivity index (χ3v) is 7.50. The number of β-amino-alcohol motifs (C(OH)–C–C–N with tert-alkyl or cyclic N) is 1. The monoisotopic (exact) mass is 435 g/mol. The van der Waals surface area contributed by atoms with Gasteiger partial charge in [0.25, 0.3) is 5.91 Å². The Balaban J connectivity index is 1.04. The number of ether oxygens (including phenoxy) is 1. The van der Waals surface area contributed by atoms with Crippen molar-refractivity contribution in [3.8, 4) is 0 Å². The Morgan fingerprint density at radius 1 is 1.09 bits per heavy atom. The topological polar surface area (TPSA) is 82.0 Å². The van der Waals surface area contributed by atoms with Gasteiger partial charge in [0, 0.05) is 57.7 Å². The van der Waals surface area contributed by atoms with Gasteiger partial charge in [-0.05, 0) is 24.0 Å². The number of aliphatic hydroxyl groups is 1. The van der Waals surface area contributed by atoms with Crippen LogP contribution < -0.4 is 4.90 Å². The number of fused-ring (bicyclic) bond motifs is 1. The van der Waals surface area contributed by atoms with Crippen molar-refractivity contribution in [2.75, 3.05) is 50.8 Å². The van der Waals surface area contributed by atoms with Gasteiger partial charge < -0.3 is 19.6 Å². The molecule has 1 amide bonds. The van der Waals surface area contributed by atoms with Gasteiger partial charge in [0.15, 0.2) is 0 Å². The van der Waals surface area contributed by atoms with E-state index >= 15 is 0 Å². The maximum absolute atomic E-state index is 13.0. The second-order valence-electron chi connectivity index (χ2n) is 9.79. The summed E-state index contributed by atoms with van der Waals surface area (Å²) in [4.78, 5) is 28.3. The normalized spacial score (nSPS) is 25.2. The lowest BCUT2D eigenvalue weighted by atomic mass is 9.78. The number of hydrogen-bond donors (Lipinski definition) is 1. The lowest BCUT2D eigenvalue weighted by Crippen LogP contribution is -2.66. The minimum absolute atomic E-state index is 0.00602. The number of likely N-dealkylation sites (tertiary alicyclic amines) is 1. The lowest BCUT2D eigenvalue weighted by molar-refractivity contribution is -0.127. The molecular formula is C24H29N5O3. The van der Waals surface area contributed by atoms with Crippen molar-refractivity contribution in [1.82, 2.24) is 19.8 Å². The molecule has 8 heteroatoms. The summed E-state index contributed by atoms with van der Waals surface area (Å²) in [6.45, 7) is 6.49. The highest BCUT2D eigenvalue weighted by molar-refractivity contribution is 5.93. The van der Waals surface area contributed by atoms with Gasteiger partial charge >= 0.3 is 0 Å². The number of aromatic nitrogens is 2. The van der Waals surface area contributed by atoms with Crippen molar-refractivity contribution in [2.24, 2.45) is 5.41 Å². The van der Waals surface area contributed by atoms with Crippen LogP contribution >= 0.6 is 0 Å². The maximum atomic E-state index is 13.0. The minimum atomic E-state index is -0.437. The average molecular weight is 436 g/mol. The van der Waals surface area contributed by atoms with Crippen LogP contribution in [-0.2, 0) is 11.3 Å². The summed E-state index contributed by atoms with van der Waals surface area (Å²) >= 11 is 0. The molecule has 4 aliphatic heterocycles. The first-order valence-corrected chi connectivity index (χ1v) is 11.5. The van der Waals surface area contributed by atoms with Crippen LogP contribution in [0.2, 0.25) is 0 Å². The first-order valence-electron chi connectivity index (χ1n) is 11.5. The van der Waals surface area contributed by atoms with Gasteiger partial charge in [0.1, 0.15) is 0 Å². The molecule has 32 heavy (non-hydrogen) atoms. The molecule has 4 aliphatic rings. The molecule has 1 atom stereocenters. The molecular weight excluding hydrogens is 406 g/mol. The van der Waals surface area contributed by atoms with E-state index in [1.165, 1.54) is 5.56 Å². The summed E-state index contributed by atoms with van der Waals surface area (Å²) < 4.78 is 5.32. The molecule has 0 radical (unpaired) electrons. The zero-order chi connectivity index (χ0) is 21.7. The van der Waals surface area contributed by atoms with Crippen LogP contribution in [0, 0.1) is 5.41 Å². The molecule has 1 unspecified atom stereocenters. The highest BCUT2D eigenvalue weighted by atomic mass is 16.5. The van der Waals surface area contributed by atoms with Gasteiger partial charge in [-0.2, -0.15) is 0 Å². The van der Waals surface area contributed by atoms with Crippen LogP contribution in [0.4, 0.5) is 5.95 Å². The zero-order valence-corrected chi connectivity index (χ0v) is 18.2. The summed E-state index contributed by atoms with van der Waals surface area (Å²) in [6, 6.07) is 8.53. The summed E-state index contributed by atoms with van der Waals surface area (Å²) in [5.41, 5.74) is 3.13. The quantitative estimate of drug-likeness (QED) is 0.782. The number of aliphatic hydroxyl groups excluding tert-OH is 1. The summed E-state index contributed by atoms with van der Waals surface area (Å²) in [6.07, 6.45) is 4.72. The Morgan fingerprint density at radius 3 is 2.50 bits per heavy atom. The number of carbonyl (C=O) groups is 1. The largest absolute Gasteiger partial charge is 0.387 e. The fourth-order valence-corrected chi connectivity index (χ4v) is 5.58. The van der Waals surface area contributed by atoms with Gasteiger partial charge in [0.2, 0.25) is 5.95 Å². The lowest BCUT2D eigenvalue weighted by Gasteiger charge is -2.54. The summed E-state index contributed by atoms with van der Waals surface area (Å²) in [7, 11) is 0.